The van der Waals surface area contributed by atoms with Crippen LogP contribution in [0.5, 0.6) is 0 Å². The number of hydrogen-bond acceptors (Lipinski definition) is 6. The van der Waals surface area contributed by atoms with Gasteiger partial charge in [0.25, 0.3) is 0 Å². The molecule has 1 aromatic rings. The largest absolute Gasteiger partial charge is 0.460 e. The van der Waals surface area contributed by atoms with E-state index >= 15 is 0 Å². The van der Waals surface area contributed by atoms with Gasteiger partial charge >= 0.3 is 5.97 Å². The summed E-state index contributed by atoms with van der Waals surface area (Å²) in [5, 5.41) is 8.06. The van der Waals surface area contributed by atoms with Crippen LogP contribution in [0.15, 0.2) is 30.3 Å². The molecule has 1 heterocycles. The number of nitrogens with one attached hydrogen (secondary N) is 3. The monoisotopic (exact) mass is 375 g/mol. The number of carbonyl (C=O) groups excluding carboxylic acids is 4. The summed E-state index contributed by atoms with van der Waals surface area (Å²) < 4.78 is 5.16. The molecule has 8 heteroatoms. The van der Waals surface area contributed by atoms with Crippen molar-refractivity contribution in [2.24, 2.45) is 0 Å². The van der Waals surface area contributed by atoms with Crippen LogP contribution in [0.1, 0.15) is 31.7 Å². The van der Waals surface area contributed by atoms with E-state index < -0.39 is 18.1 Å². The molecule has 1 aromatic carbocycles. The first kappa shape index (κ1) is 20.6. The average molecular weight is 375 g/mol. The zero-order chi connectivity index (χ0) is 19.6. The predicted molar refractivity (Wildman–Crippen MR) is 97.5 cm³/mol. The third-order valence-electron chi connectivity index (χ3n) is 4.26. The molecule has 2 atom stereocenters. The molecule has 1 aliphatic heterocycles. The van der Waals surface area contributed by atoms with E-state index in [4.69, 9.17) is 4.74 Å². The van der Waals surface area contributed by atoms with Crippen LogP contribution in [-0.4, -0.2) is 48.7 Å². The molecular formula is C19H25N3O5. The van der Waals surface area contributed by atoms with Crippen LogP contribution in [0.3, 0.4) is 0 Å². The van der Waals surface area contributed by atoms with Gasteiger partial charge in [-0.1, -0.05) is 37.3 Å². The van der Waals surface area contributed by atoms with Gasteiger partial charge in [-0.25, -0.2) is 0 Å². The second-order valence-electron chi connectivity index (χ2n) is 6.30. The number of ketones is 1. The quantitative estimate of drug-likeness (QED) is 0.499. The lowest BCUT2D eigenvalue weighted by molar-refractivity contribution is -0.144. The van der Waals surface area contributed by atoms with Crippen molar-refractivity contribution in [2.75, 3.05) is 13.1 Å². The number of rotatable bonds is 10. The molecule has 0 aromatic heterocycles. The molecule has 1 saturated heterocycles. The van der Waals surface area contributed by atoms with Gasteiger partial charge in [-0.15, -0.1) is 0 Å². The van der Waals surface area contributed by atoms with Crippen molar-refractivity contribution in [1.29, 1.82) is 0 Å². The molecule has 0 aliphatic carbocycles. The van der Waals surface area contributed by atoms with E-state index in [1.54, 1.807) is 6.92 Å². The smallest absolute Gasteiger partial charge is 0.320 e. The maximum Gasteiger partial charge on any atom is 0.320 e. The van der Waals surface area contributed by atoms with E-state index in [1.807, 2.05) is 30.3 Å². The van der Waals surface area contributed by atoms with E-state index in [0.29, 0.717) is 12.8 Å². The zero-order valence-electron chi connectivity index (χ0n) is 15.3. The first-order chi connectivity index (χ1) is 13.0. The Morgan fingerprint density at radius 1 is 1.26 bits per heavy atom. The Hall–Kier alpha value is -2.74. The summed E-state index contributed by atoms with van der Waals surface area (Å²) >= 11 is 0. The van der Waals surface area contributed by atoms with Gasteiger partial charge in [0, 0.05) is 19.4 Å². The van der Waals surface area contributed by atoms with Crippen molar-refractivity contribution in [3.63, 3.8) is 0 Å². The summed E-state index contributed by atoms with van der Waals surface area (Å²) in [5.41, 5.74) is 0.873. The fourth-order valence-corrected chi connectivity index (χ4v) is 2.68. The second-order valence-corrected chi connectivity index (χ2v) is 6.30. The third-order valence-corrected chi connectivity index (χ3v) is 4.26. The van der Waals surface area contributed by atoms with E-state index in [9.17, 15) is 19.2 Å². The number of benzene rings is 1. The third kappa shape index (κ3) is 6.82. The number of ether oxygens (including phenoxy) is 1. The van der Waals surface area contributed by atoms with E-state index in [-0.39, 0.29) is 43.7 Å². The van der Waals surface area contributed by atoms with Gasteiger partial charge in [-0.3, -0.25) is 24.5 Å². The lowest BCUT2D eigenvalue weighted by Gasteiger charge is -2.19. The Labute approximate surface area is 158 Å². The molecule has 1 aliphatic rings. The van der Waals surface area contributed by atoms with Crippen LogP contribution in [0.4, 0.5) is 0 Å². The molecule has 8 nitrogen and oxygen atoms in total. The summed E-state index contributed by atoms with van der Waals surface area (Å²) in [6.45, 7) is 1.78. The number of carbonyl (C=O) groups is 4. The van der Waals surface area contributed by atoms with Crippen LogP contribution in [0, 0.1) is 0 Å². The number of amides is 2. The molecule has 3 N–H and O–H groups in total. The summed E-state index contributed by atoms with van der Waals surface area (Å²) in [6, 6.07) is 8.02. The molecular weight excluding hydrogens is 350 g/mol. The van der Waals surface area contributed by atoms with Gasteiger partial charge in [0.1, 0.15) is 12.6 Å². The minimum Gasteiger partial charge on any atom is -0.460 e. The fourth-order valence-electron chi connectivity index (χ4n) is 2.68. The first-order valence-electron chi connectivity index (χ1n) is 9.02. The first-order valence-corrected chi connectivity index (χ1v) is 9.02. The Balaban J connectivity index is 1.76. The van der Waals surface area contributed by atoms with Gasteiger partial charge in [-0.2, -0.15) is 0 Å². The summed E-state index contributed by atoms with van der Waals surface area (Å²) in [4.78, 5) is 47.2. The van der Waals surface area contributed by atoms with Crippen LogP contribution in [0.25, 0.3) is 0 Å². The molecule has 0 bridgehead atoms. The van der Waals surface area contributed by atoms with Gasteiger partial charge in [0.05, 0.1) is 12.6 Å². The van der Waals surface area contributed by atoms with Crippen molar-refractivity contribution in [3.8, 4) is 0 Å². The van der Waals surface area contributed by atoms with Crippen LogP contribution in [0.2, 0.25) is 0 Å². The summed E-state index contributed by atoms with van der Waals surface area (Å²) in [6.07, 6.45) is 1.03. The maximum atomic E-state index is 12.1. The molecule has 1 unspecified atom stereocenters. The van der Waals surface area contributed by atoms with Crippen molar-refractivity contribution in [1.82, 2.24) is 16.0 Å². The molecule has 146 valence electrons. The highest BCUT2D eigenvalue weighted by Gasteiger charge is 2.28. The fraction of sp³-hybridized carbons (Fsp3) is 0.474. The number of Topliss-reactive ketones (excluding diaryl/α,β-unsaturated/α-hetero) is 1. The highest BCUT2D eigenvalue weighted by atomic mass is 16.5. The number of hydrogen-bond donors (Lipinski definition) is 3. The van der Waals surface area contributed by atoms with Crippen molar-refractivity contribution < 1.29 is 23.9 Å². The minimum atomic E-state index is -0.694. The van der Waals surface area contributed by atoms with Crippen LogP contribution < -0.4 is 16.0 Å². The zero-order valence-corrected chi connectivity index (χ0v) is 15.3. The Kier molecular flexibility index (Phi) is 7.94. The lowest BCUT2D eigenvalue weighted by Crippen LogP contribution is -2.50. The summed E-state index contributed by atoms with van der Waals surface area (Å²) in [5.74, 6) is -1.09. The topological polar surface area (TPSA) is 114 Å². The summed E-state index contributed by atoms with van der Waals surface area (Å²) in [7, 11) is 0. The van der Waals surface area contributed by atoms with Gasteiger partial charge in [0.15, 0.2) is 5.78 Å². The van der Waals surface area contributed by atoms with E-state index in [0.717, 1.165) is 5.56 Å². The molecule has 0 spiro atoms. The van der Waals surface area contributed by atoms with Gasteiger partial charge in [-0.05, 0) is 12.0 Å². The molecule has 1 fully saturated rings. The van der Waals surface area contributed by atoms with E-state index in [1.165, 1.54) is 0 Å². The predicted octanol–water partition coefficient (Wildman–Crippen LogP) is 0.0619. The van der Waals surface area contributed by atoms with Crippen molar-refractivity contribution in [2.45, 2.75) is 44.9 Å². The molecule has 0 saturated carbocycles. The Bertz CT molecular complexity index is 677. The lowest BCUT2D eigenvalue weighted by atomic mass is 10.1. The SMILES string of the molecule is CCC(=O)[C@H](CNC(=O)C1CCC(=O)N1)NCC(=O)OCc1ccccc1. The second kappa shape index (κ2) is 10.4. The van der Waals surface area contributed by atoms with E-state index in [2.05, 4.69) is 16.0 Å². The molecule has 2 amide bonds. The number of esters is 1. The maximum absolute atomic E-state index is 12.1. The molecule has 2 rings (SSSR count). The van der Waals surface area contributed by atoms with Crippen molar-refractivity contribution in [3.05, 3.63) is 35.9 Å². The van der Waals surface area contributed by atoms with Gasteiger partial charge in [0.2, 0.25) is 11.8 Å². The standard InChI is InChI=1S/C19H25N3O5/c1-2-16(23)15(10-21-19(26)14-8-9-17(24)22-14)20-11-18(25)27-12-13-6-4-3-5-7-13/h3-7,14-15,20H,2,8-12H2,1H3,(H,21,26)(H,22,24)/t14?,15-/m0/s1. The van der Waals surface area contributed by atoms with Gasteiger partial charge < -0.3 is 15.4 Å². The van der Waals surface area contributed by atoms with Crippen LogP contribution in [-0.2, 0) is 30.5 Å². The van der Waals surface area contributed by atoms with Crippen molar-refractivity contribution >= 4 is 23.6 Å². The van der Waals surface area contributed by atoms with Crippen LogP contribution >= 0.6 is 0 Å². The highest BCUT2D eigenvalue weighted by Crippen LogP contribution is 2.06. The molecule has 27 heavy (non-hydrogen) atoms. The molecule has 0 radical (unpaired) electrons. The Morgan fingerprint density at radius 2 is 2.00 bits per heavy atom. The normalized spacial score (nSPS) is 17.1. The Morgan fingerprint density at radius 3 is 2.63 bits per heavy atom. The highest BCUT2D eigenvalue weighted by molar-refractivity contribution is 5.91. The average Bonchev–Trinajstić information content (AvgIpc) is 3.13. The minimum absolute atomic E-state index is 0.0455.